The minimum Gasteiger partial charge on any atom is -0.475 e. The van der Waals surface area contributed by atoms with Crippen molar-refractivity contribution < 1.29 is 22.7 Å². The van der Waals surface area contributed by atoms with E-state index in [4.69, 9.17) is 22.1 Å². The van der Waals surface area contributed by atoms with Crippen molar-refractivity contribution in [2.75, 3.05) is 13.2 Å². The highest BCUT2D eigenvalue weighted by atomic mass is 35.5. The van der Waals surface area contributed by atoms with Crippen molar-refractivity contribution in [2.45, 2.75) is 12.7 Å². The molecule has 0 atom stereocenters. The molecule has 2 rings (SSSR count). The Morgan fingerprint density at radius 3 is 2.79 bits per heavy atom. The lowest BCUT2D eigenvalue weighted by molar-refractivity contribution is -0.137. The van der Waals surface area contributed by atoms with Crippen molar-refractivity contribution in [2.24, 2.45) is 5.73 Å². The van der Waals surface area contributed by atoms with E-state index in [1.165, 1.54) is 11.3 Å². The Hall–Kier alpha value is -1.91. The van der Waals surface area contributed by atoms with Gasteiger partial charge in [-0.15, -0.1) is 11.3 Å². The van der Waals surface area contributed by atoms with E-state index in [2.05, 4.69) is 15.3 Å². The van der Waals surface area contributed by atoms with Crippen LogP contribution in [0.1, 0.15) is 21.1 Å². The van der Waals surface area contributed by atoms with E-state index in [0.29, 0.717) is 11.2 Å². The fourth-order valence-electron chi connectivity index (χ4n) is 1.60. The van der Waals surface area contributed by atoms with Crippen LogP contribution in [0.15, 0.2) is 17.6 Å². The molecule has 0 saturated heterocycles. The van der Waals surface area contributed by atoms with Crippen LogP contribution in [0.4, 0.5) is 13.2 Å². The van der Waals surface area contributed by atoms with Crippen LogP contribution >= 0.6 is 22.9 Å². The topological polar surface area (TPSA) is 90.1 Å². The van der Waals surface area contributed by atoms with E-state index in [-0.39, 0.29) is 36.3 Å². The summed E-state index contributed by atoms with van der Waals surface area (Å²) in [6, 6.07) is 0.728. The van der Waals surface area contributed by atoms with Gasteiger partial charge in [0.1, 0.15) is 22.3 Å². The van der Waals surface area contributed by atoms with Gasteiger partial charge in [-0.1, -0.05) is 11.6 Å². The average molecular weight is 381 g/mol. The maximum atomic E-state index is 12.5. The third-order valence-electron chi connectivity index (χ3n) is 2.72. The van der Waals surface area contributed by atoms with Crippen molar-refractivity contribution in [3.05, 3.63) is 38.9 Å². The third kappa shape index (κ3) is 4.79. The Labute approximate surface area is 143 Å². The lowest BCUT2D eigenvalue weighted by Gasteiger charge is -2.10. The van der Waals surface area contributed by atoms with Crippen LogP contribution in [0.2, 0.25) is 5.02 Å². The number of nitrogens with zero attached hydrogens (tertiary/aromatic N) is 2. The van der Waals surface area contributed by atoms with E-state index in [1.54, 1.807) is 5.38 Å². The Morgan fingerprint density at radius 1 is 1.46 bits per heavy atom. The smallest absolute Gasteiger partial charge is 0.417 e. The molecule has 0 spiro atoms. The van der Waals surface area contributed by atoms with Gasteiger partial charge < -0.3 is 15.8 Å². The lowest BCUT2D eigenvalue weighted by Crippen LogP contribution is -2.28. The fourth-order valence-corrected chi connectivity index (χ4v) is 2.47. The molecular formula is C13H12ClF3N4O2S. The zero-order valence-corrected chi connectivity index (χ0v) is 13.6. The molecule has 2 heterocycles. The summed E-state index contributed by atoms with van der Waals surface area (Å²) in [6.07, 6.45) is -3.90. The van der Waals surface area contributed by atoms with Gasteiger partial charge in [-0.25, -0.2) is 9.97 Å². The van der Waals surface area contributed by atoms with E-state index < -0.39 is 17.6 Å². The van der Waals surface area contributed by atoms with Gasteiger partial charge in [-0.05, 0) is 6.07 Å². The first-order chi connectivity index (χ1) is 11.3. The number of carbonyl (C=O) groups is 1. The van der Waals surface area contributed by atoms with Gasteiger partial charge in [0.25, 0.3) is 5.91 Å². The standard InChI is InChI=1S/C13H12ClF3N4O2S/c14-8-3-7(13(15,16)17)5-20-12(8)23-2-1-19-11(22)9-6-24-10(4-18)21-9/h3,5-6H,1-2,4,18H2,(H,19,22). The number of alkyl halides is 3. The van der Waals surface area contributed by atoms with Gasteiger partial charge in [-0.2, -0.15) is 13.2 Å². The molecule has 11 heteroatoms. The molecule has 0 radical (unpaired) electrons. The molecule has 0 unspecified atom stereocenters. The number of hydrogen-bond donors (Lipinski definition) is 2. The largest absolute Gasteiger partial charge is 0.475 e. The SMILES string of the molecule is NCc1nc(C(=O)NCCOc2ncc(C(F)(F)F)cc2Cl)cs1. The van der Waals surface area contributed by atoms with Crippen LogP contribution in [-0.2, 0) is 12.7 Å². The summed E-state index contributed by atoms with van der Waals surface area (Å²) in [6.45, 7) is 0.338. The first-order valence-corrected chi connectivity index (χ1v) is 7.85. The van der Waals surface area contributed by atoms with Crippen molar-refractivity contribution >= 4 is 28.8 Å². The molecule has 130 valence electrons. The van der Waals surface area contributed by atoms with Gasteiger partial charge in [-0.3, -0.25) is 4.79 Å². The van der Waals surface area contributed by atoms with E-state index >= 15 is 0 Å². The number of halogens is 4. The molecule has 0 aliphatic heterocycles. The summed E-state index contributed by atoms with van der Waals surface area (Å²) >= 11 is 6.97. The molecule has 0 bridgehead atoms. The summed E-state index contributed by atoms with van der Waals surface area (Å²) < 4.78 is 42.6. The van der Waals surface area contributed by atoms with Crippen molar-refractivity contribution in [1.29, 1.82) is 0 Å². The summed E-state index contributed by atoms with van der Waals surface area (Å²) in [5.74, 6) is -0.543. The van der Waals surface area contributed by atoms with Gasteiger partial charge in [0.2, 0.25) is 5.88 Å². The minimum atomic E-state index is -4.53. The zero-order valence-electron chi connectivity index (χ0n) is 12.1. The van der Waals surface area contributed by atoms with Crippen LogP contribution in [0, 0.1) is 0 Å². The zero-order chi connectivity index (χ0) is 17.7. The number of nitrogens with two attached hydrogens (primary N) is 1. The van der Waals surface area contributed by atoms with Crippen LogP contribution in [0.3, 0.4) is 0 Å². The first-order valence-electron chi connectivity index (χ1n) is 6.59. The number of carbonyl (C=O) groups excluding carboxylic acids is 1. The fraction of sp³-hybridized carbons (Fsp3) is 0.308. The minimum absolute atomic E-state index is 0.0162. The molecule has 0 aliphatic carbocycles. The predicted molar refractivity (Wildman–Crippen MR) is 82.1 cm³/mol. The second kappa shape index (κ2) is 7.77. The van der Waals surface area contributed by atoms with Crippen molar-refractivity contribution in [3.8, 4) is 5.88 Å². The second-order valence-corrected chi connectivity index (χ2v) is 5.79. The van der Waals surface area contributed by atoms with Crippen molar-refractivity contribution in [3.63, 3.8) is 0 Å². The van der Waals surface area contributed by atoms with Gasteiger partial charge in [0.15, 0.2) is 0 Å². The van der Waals surface area contributed by atoms with Gasteiger partial charge >= 0.3 is 6.18 Å². The maximum Gasteiger partial charge on any atom is 0.417 e. The molecule has 2 aromatic rings. The average Bonchev–Trinajstić information content (AvgIpc) is 3.00. The molecule has 0 aliphatic rings. The molecule has 24 heavy (non-hydrogen) atoms. The van der Waals surface area contributed by atoms with Crippen LogP contribution in [-0.4, -0.2) is 29.0 Å². The maximum absolute atomic E-state index is 12.5. The molecule has 2 aromatic heterocycles. The van der Waals surface area contributed by atoms with Crippen LogP contribution < -0.4 is 15.8 Å². The Kier molecular flexibility index (Phi) is 5.97. The molecule has 0 aromatic carbocycles. The van der Waals surface area contributed by atoms with E-state index in [0.717, 1.165) is 6.07 Å². The number of ether oxygens (including phenoxy) is 1. The second-order valence-electron chi connectivity index (χ2n) is 4.44. The van der Waals surface area contributed by atoms with E-state index in [9.17, 15) is 18.0 Å². The number of thiazole rings is 1. The molecule has 1 amide bonds. The first kappa shape index (κ1) is 18.4. The number of rotatable bonds is 6. The number of aromatic nitrogens is 2. The summed E-state index contributed by atoms with van der Waals surface area (Å²) in [7, 11) is 0. The molecule has 0 saturated carbocycles. The highest BCUT2D eigenvalue weighted by molar-refractivity contribution is 7.09. The highest BCUT2D eigenvalue weighted by Gasteiger charge is 2.31. The number of pyridine rings is 1. The molecule has 6 nitrogen and oxygen atoms in total. The van der Waals surface area contributed by atoms with Gasteiger partial charge in [0, 0.05) is 18.1 Å². The Morgan fingerprint density at radius 2 is 2.21 bits per heavy atom. The summed E-state index contributed by atoms with van der Waals surface area (Å²) in [4.78, 5) is 19.3. The quantitative estimate of drug-likeness (QED) is 0.751. The lowest BCUT2D eigenvalue weighted by atomic mass is 10.3. The summed E-state index contributed by atoms with van der Waals surface area (Å²) in [5.41, 5.74) is 4.68. The molecule has 0 fully saturated rings. The normalized spacial score (nSPS) is 11.4. The number of nitrogens with one attached hydrogen (secondary N) is 1. The predicted octanol–water partition coefficient (Wildman–Crippen LogP) is 2.48. The number of hydrogen-bond acceptors (Lipinski definition) is 6. The third-order valence-corrected chi connectivity index (χ3v) is 3.86. The van der Waals surface area contributed by atoms with Crippen LogP contribution in [0.5, 0.6) is 5.88 Å². The molecule has 3 N–H and O–H groups in total. The monoisotopic (exact) mass is 380 g/mol. The highest BCUT2D eigenvalue weighted by Crippen LogP contribution is 2.32. The van der Waals surface area contributed by atoms with E-state index in [1.807, 2.05) is 0 Å². The Balaban J connectivity index is 1.83. The number of amides is 1. The van der Waals surface area contributed by atoms with Gasteiger partial charge in [0.05, 0.1) is 12.1 Å². The van der Waals surface area contributed by atoms with Crippen LogP contribution in [0.25, 0.3) is 0 Å². The molecular weight excluding hydrogens is 369 g/mol. The van der Waals surface area contributed by atoms with Crippen molar-refractivity contribution in [1.82, 2.24) is 15.3 Å². The summed E-state index contributed by atoms with van der Waals surface area (Å²) in [5, 5.41) is 4.50. The Bertz CT molecular complexity index is 723.